The summed E-state index contributed by atoms with van der Waals surface area (Å²) in [5.74, 6) is -1.69. The largest absolute Gasteiger partial charge is 0.501 e. The maximum absolute atomic E-state index is 12.0. The Morgan fingerprint density at radius 1 is 1.54 bits per heavy atom. The van der Waals surface area contributed by atoms with Gasteiger partial charge in [-0.15, -0.1) is 0 Å². The summed E-state index contributed by atoms with van der Waals surface area (Å²) in [6.45, 7) is 0. The molecule has 0 unspecified atom stereocenters. The van der Waals surface area contributed by atoms with Crippen molar-refractivity contribution in [1.29, 1.82) is 0 Å². The number of alkyl halides is 2. The maximum atomic E-state index is 12.0. The number of rotatable bonds is 2. The Hall–Kier alpha value is -1.79. The molecular weight excluding hydrogens is 186 g/mol. The molecule has 7 heteroatoms. The van der Waals surface area contributed by atoms with E-state index in [1.807, 2.05) is 0 Å². The summed E-state index contributed by atoms with van der Waals surface area (Å²) in [6, 6.07) is 1.64. The summed E-state index contributed by atoms with van der Waals surface area (Å²) in [7, 11) is 0. The molecule has 0 aromatic carbocycles. The van der Waals surface area contributed by atoms with E-state index in [4.69, 9.17) is 5.11 Å². The molecule has 0 aliphatic rings. The quantitative estimate of drug-likeness (QED) is 0.567. The average Bonchev–Trinajstić information content (AvgIpc) is 2.04. The van der Waals surface area contributed by atoms with E-state index in [9.17, 15) is 18.9 Å². The fourth-order valence-corrected chi connectivity index (χ4v) is 0.712. The number of aromatic nitrogens is 1. The first-order valence-electron chi connectivity index (χ1n) is 3.15. The van der Waals surface area contributed by atoms with E-state index >= 15 is 0 Å². The molecule has 0 atom stereocenters. The van der Waals surface area contributed by atoms with Crippen molar-refractivity contribution < 1.29 is 18.8 Å². The van der Waals surface area contributed by atoms with E-state index in [2.05, 4.69) is 4.98 Å². The summed E-state index contributed by atoms with van der Waals surface area (Å²) in [5.41, 5.74) is -0.732. The van der Waals surface area contributed by atoms with Gasteiger partial charge in [0.1, 0.15) is 0 Å². The molecule has 0 bridgehead atoms. The molecule has 13 heavy (non-hydrogen) atoms. The predicted molar refractivity (Wildman–Crippen MR) is 37.5 cm³/mol. The van der Waals surface area contributed by atoms with E-state index in [1.54, 1.807) is 0 Å². The number of aromatic hydroxyl groups is 1. The van der Waals surface area contributed by atoms with Crippen molar-refractivity contribution in [3.05, 3.63) is 27.9 Å². The Morgan fingerprint density at radius 2 is 2.15 bits per heavy atom. The second-order valence-electron chi connectivity index (χ2n) is 2.14. The smallest absolute Gasteiger partial charge is 0.406 e. The average molecular weight is 190 g/mol. The second-order valence-corrected chi connectivity index (χ2v) is 2.14. The fraction of sp³-hybridized carbons (Fsp3) is 0.167. The van der Waals surface area contributed by atoms with Gasteiger partial charge >= 0.3 is 12.2 Å². The van der Waals surface area contributed by atoms with Crippen LogP contribution in [0, 0.1) is 10.1 Å². The van der Waals surface area contributed by atoms with Gasteiger partial charge in [0.2, 0.25) is 11.4 Å². The molecule has 70 valence electrons. The number of halogens is 2. The van der Waals surface area contributed by atoms with E-state index < -0.39 is 28.6 Å². The van der Waals surface area contributed by atoms with Gasteiger partial charge in [0.25, 0.3) is 0 Å². The van der Waals surface area contributed by atoms with Gasteiger partial charge in [-0.25, -0.2) is 8.78 Å². The van der Waals surface area contributed by atoms with Crippen LogP contribution in [0.2, 0.25) is 0 Å². The zero-order valence-corrected chi connectivity index (χ0v) is 6.15. The topological polar surface area (TPSA) is 76.3 Å². The fourth-order valence-electron chi connectivity index (χ4n) is 0.712. The molecule has 0 saturated carbocycles. The number of nitro groups is 1. The van der Waals surface area contributed by atoms with Crippen LogP contribution < -0.4 is 0 Å². The zero-order valence-electron chi connectivity index (χ0n) is 6.15. The molecule has 5 nitrogen and oxygen atoms in total. The standard InChI is InChI=1S/C6H4F2N2O3/c7-5(8)3-1-2-4(11)6(9-3)10(12)13/h1-2,5,11H. The van der Waals surface area contributed by atoms with Gasteiger partial charge in [0, 0.05) is 0 Å². The highest BCUT2D eigenvalue weighted by molar-refractivity contribution is 5.39. The molecular formula is C6H4F2N2O3. The normalized spacial score (nSPS) is 10.4. The van der Waals surface area contributed by atoms with Gasteiger partial charge in [-0.2, -0.15) is 0 Å². The van der Waals surface area contributed by atoms with Crippen molar-refractivity contribution in [3.8, 4) is 5.75 Å². The summed E-state index contributed by atoms with van der Waals surface area (Å²) in [6.07, 6.45) is -2.89. The lowest BCUT2D eigenvalue weighted by Crippen LogP contribution is -1.96. The van der Waals surface area contributed by atoms with Gasteiger partial charge in [0.05, 0.1) is 0 Å². The number of pyridine rings is 1. The summed E-state index contributed by atoms with van der Waals surface area (Å²) in [5, 5.41) is 19.0. The van der Waals surface area contributed by atoms with Gasteiger partial charge in [-0.1, -0.05) is 0 Å². The van der Waals surface area contributed by atoms with Crippen LogP contribution >= 0.6 is 0 Å². The minimum atomic E-state index is -2.89. The molecule has 0 amide bonds. The Balaban J connectivity index is 3.19. The molecule has 0 spiro atoms. The highest BCUT2D eigenvalue weighted by Crippen LogP contribution is 2.26. The minimum absolute atomic E-state index is 0.727. The van der Waals surface area contributed by atoms with Crippen LogP contribution in [0.4, 0.5) is 14.6 Å². The molecule has 0 saturated heterocycles. The molecule has 0 fully saturated rings. The molecule has 1 aromatic rings. The molecule has 0 aliphatic carbocycles. The molecule has 1 heterocycles. The lowest BCUT2D eigenvalue weighted by molar-refractivity contribution is -0.390. The highest BCUT2D eigenvalue weighted by Gasteiger charge is 2.21. The van der Waals surface area contributed by atoms with Gasteiger partial charge in [-0.05, 0) is 22.0 Å². The van der Waals surface area contributed by atoms with Crippen LogP contribution in [0.25, 0.3) is 0 Å². The van der Waals surface area contributed by atoms with E-state index in [1.165, 1.54) is 0 Å². The molecule has 1 N–H and O–H groups in total. The Labute approximate surface area is 70.8 Å². The van der Waals surface area contributed by atoms with Gasteiger partial charge in [-0.3, -0.25) is 0 Å². The van der Waals surface area contributed by atoms with Gasteiger partial charge in [0.15, 0.2) is 0 Å². The third kappa shape index (κ3) is 1.86. The van der Waals surface area contributed by atoms with Crippen molar-refractivity contribution in [2.24, 2.45) is 0 Å². The SMILES string of the molecule is O=[N+]([O-])c1nc(C(F)F)ccc1O. The molecule has 0 radical (unpaired) electrons. The van der Waals surface area contributed by atoms with Crippen molar-refractivity contribution in [1.82, 2.24) is 4.98 Å². The van der Waals surface area contributed by atoms with Crippen molar-refractivity contribution in [2.45, 2.75) is 6.43 Å². The van der Waals surface area contributed by atoms with Crippen LogP contribution in [-0.4, -0.2) is 15.0 Å². The van der Waals surface area contributed by atoms with Crippen LogP contribution in [-0.2, 0) is 0 Å². The van der Waals surface area contributed by atoms with Crippen molar-refractivity contribution >= 4 is 5.82 Å². The molecule has 1 rings (SSSR count). The highest BCUT2D eigenvalue weighted by atomic mass is 19.3. The summed E-state index contributed by atoms with van der Waals surface area (Å²) >= 11 is 0. The molecule has 1 aromatic heterocycles. The first-order chi connectivity index (χ1) is 6.02. The number of hydrogen-bond donors (Lipinski definition) is 1. The van der Waals surface area contributed by atoms with Gasteiger partial charge < -0.3 is 15.2 Å². The third-order valence-electron chi connectivity index (χ3n) is 1.27. The monoisotopic (exact) mass is 190 g/mol. The van der Waals surface area contributed by atoms with Crippen molar-refractivity contribution in [2.75, 3.05) is 0 Å². The lowest BCUT2D eigenvalue weighted by Gasteiger charge is -1.97. The first kappa shape index (κ1) is 9.30. The van der Waals surface area contributed by atoms with Crippen LogP contribution in [0.3, 0.4) is 0 Å². The lowest BCUT2D eigenvalue weighted by atomic mass is 10.3. The third-order valence-corrected chi connectivity index (χ3v) is 1.27. The zero-order chi connectivity index (χ0) is 10.0. The van der Waals surface area contributed by atoms with Crippen LogP contribution in [0.1, 0.15) is 12.1 Å². The predicted octanol–water partition coefficient (Wildman–Crippen LogP) is 1.63. The van der Waals surface area contributed by atoms with Crippen LogP contribution in [0.5, 0.6) is 5.75 Å². The Bertz CT molecular complexity index is 343. The van der Waals surface area contributed by atoms with Crippen molar-refractivity contribution in [3.63, 3.8) is 0 Å². The molecule has 0 aliphatic heterocycles. The summed E-state index contributed by atoms with van der Waals surface area (Å²) in [4.78, 5) is 12.1. The summed E-state index contributed by atoms with van der Waals surface area (Å²) < 4.78 is 24.0. The van der Waals surface area contributed by atoms with Crippen LogP contribution in [0.15, 0.2) is 12.1 Å². The second kappa shape index (κ2) is 3.30. The van der Waals surface area contributed by atoms with E-state index in [-0.39, 0.29) is 0 Å². The maximum Gasteiger partial charge on any atom is 0.406 e. The Kier molecular flexibility index (Phi) is 2.36. The minimum Gasteiger partial charge on any atom is -0.501 e. The van der Waals surface area contributed by atoms with E-state index in [0.717, 1.165) is 12.1 Å². The number of nitrogens with zero attached hydrogens (tertiary/aromatic N) is 2. The Morgan fingerprint density at radius 3 is 2.62 bits per heavy atom. The first-order valence-corrected chi connectivity index (χ1v) is 3.15. The van der Waals surface area contributed by atoms with E-state index in [0.29, 0.717) is 0 Å². The number of hydrogen-bond acceptors (Lipinski definition) is 4.